The average molecular weight is 560 g/mol. The summed E-state index contributed by atoms with van der Waals surface area (Å²) in [5.74, 6) is 0.635. The first kappa shape index (κ1) is 27.0. The van der Waals surface area contributed by atoms with Crippen LogP contribution in [0.15, 0.2) is 46.9 Å². The molecule has 1 unspecified atom stereocenters. The highest BCUT2D eigenvalue weighted by molar-refractivity contribution is 9.10. The molecule has 8 heteroatoms. The van der Waals surface area contributed by atoms with Crippen LogP contribution in [-0.4, -0.2) is 34.0 Å². The van der Waals surface area contributed by atoms with E-state index in [1.807, 2.05) is 52.0 Å². The summed E-state index contributed by atoms with van der Waals surface area (Å²) in [5, 5.41) is 3.95. The lowest BCUT2D eigenvalue weighted by Gasteiger charge is -2.33. The zero-order valence-corrected chi connectivity index (χ0v) is 22.7. The molecule has 0 fully saturated rings. The van der Waals surface area contributed by atoms with Crippen molar-refractivity contribution in [3.8, 4) is 0 Å². The second-order valence-electron chi connectivity index (χ2n) is 8.50. The van der Waals surface area contributed by atoms with Gasteiger partial charge in [-0.05, 0) is 57.0 Å². The number of carbonyl (C=O) groups excluding carboxylic acids is 2. The van der Waals surface area contributed by atoms with Crippen molar-refractivity contribution < 1.29 is 9.59 Å². The minimum atomic E-state index is -0.623. The van der Waals surface area contributed by atoms with Crippen LogP contribution in [0.3, 0.4) is 0 Å². The van der Waals surface area contributed by atoms with Crippen molar-refractivity contribution in [3.63, 3.8) is 0 Å². The van der Waals surface area contributed by atoms with Gasteiger partial charge in [-0.25, -0.2) is 0 Å². The molecule has 2 rings (SSSR count). The lowest BCUT2D eigenvalue weighted by molar-refractivity contribution is -0.140. The second-order valence-corrected chi connectivity index (χ2v) is 11.2. The summed E-state index contributed by atoms with van der Waals surface area (Å²) in [6.07, 6.45) is 0.479. The molecule has 1 N–H and O–H groups in total. The Hall–Kier alpha value is -1.21. The minimum Gasteiger partial charge on any atom is -0.350 e. The predicted octanol–water partition coefficient (Wildman–Crippen LogP) is 6.71. The van der Waals surface area contributed by atoms with Crippen molar-refractivity contribution in [1.82, 2.24) is 10.2 Å². The molecular formula is C24H29BrCl2N2O2S. The zero-order valence-electron chi connectivity index (χ0n) is 18.8. The maximum Gasteiger partial charge on any atom is 0.243 e. The van der Waals surface area contributed by atoms with Crippen molar-refractivity contribution in [3.05, 3.63) is 68.1 Å². The Bertz CT molecular complexity index is 912. The maximum atomic E-state index is 13.3. The van der Waals surface area contributed by atoms with Crippen molar-refractivity contribution in [1.29, 1.82) is 0 Å². The first-order chi connectivity index (χ1) is 15.0. The monoisotopic (exact) mass is 558 g/mol. The van der Waals surface area contributed by atoms with Crippen LogP contribution in [0.4, 0.5) is 0 Å². The van der Waals surface area contributed by atoms with E-state index in [-0.39, 0.29) is 24.1 Å². The Labute approximate surface area is 213 Å². The summed E-state index contributed by atoms with van der Waals surface area (Å²) in [6.45, 7) is 7.83. The molecular weight excluding hydrogens is 531 g/mol. The zero-order chi connectivity index (χ0) is 23.9. The topological polar surface area (TPSA) is 49.4 Å². The van der Waals surface area contributed by atoms with Gasteiger partial charge in [-0.2, -0.15) is 0 Å². The normalized spacial score (nSPS) is 12.3. The lowest BCUT2D eigenvalue weighted by atomic mass is 10.1. The highest BCUT2D eigenvalue weighted by Crippen LogP contribution is 2.27. The number of hydrogen-bond acceptors (Lipinski definition) is 3. The summed E-state index contributed by atoms with van der Waals surface area (Å²) < 4.78 is 1.01. The third kappa shape index (κ3) is 8.29. The molecule has 0 radical (unpaired) electrons. The number of benzene rings is 2. The molecule has 0 aromatic heterocycles. The van der Waals surface area contributed by atoms with Gasteiger partial charge in [-0.1, -0.05) is 64.3 Å². The third-order valence-electron chi connectivity index (χ3n) is 4.68. The standard InChI is InChI=1S/C24H29BrCl2N2O2S/c1-5-21(23(31)28-24(2,3)4)29(13-18-19(26)7-6-8-20(18)27)22(30)15-32-14-16-9-11-17(25)12-10-16/h6-12,21H,5,13-15H2,1-4H3,(H,28,31). The molecule has 0 aliphatic rings. The second kappa shape index (κ2) is 12.3. The average Bonchev–Trinajstić information content (AvgIpc) is 2.70. The summed E-state index contributed by atoms with van der Waals surface area (Å²) in [6, 6.07) is 12.6. The van der Waals surface area contributed by atoms with Crippen LogP contribution in [0, 0.1) is 0 Å². The Morgan fingerprint density at radius 3 is 2.22 bits per heavy atom. The number of nitrogens with one attached hydrogen (secondary N) is 1. The molecule has 0 saturated carbocycles. The molecule has 174 valence electrons. The number of carbonyl (C=O) groups is 2. The molecule has 0 aliphatic heterocycles. The Balaban J connectivity index is 2.22. The van der Waals surface area contributed by atoms with E-state index in [1.54, 1.807) is 23.1 Å². The SMILES string of the molecule is CCC(C(=O)NC(C)(C)C)N(Cc1c(Cl)cccc1Cl)C(=O)CSCc1ccc(Br)cc1. The predicted molar refractivity (Wildman–Crippen MR) is 139 cm³/mol. The van der Waals surface area contributed by atoms with Gasteiger partial charge >= 0.3 is 0 Å². The number of rotatable bonds is 9. The Morgan fingerprint density at radius 2 is 1.69 bits per heavy atom. The fourth-order valence-electron chi connectivity index (χ4n) is 3.15. The summed E-state index contributed by atoms with van der Waals surface area (Å²) >= 11 is 17.7. The molecule has 4 nitrogen and oxygen atoms in total. The van der Waals surface area contributed by atoms with Gasteiger partial charge in [0.15, 0.2) is 0 Å². The Morgan fingerprint density at radius 1 is 1.09 bits per heavy atom. The van der Waals surface area contributed by atoms with Gasteiger partial charge < -0.3 is 10.2 Å². The smallest absolute Gasteiger partial charge is 0.243 e. The summed E-state index contributed by atoms with van der Waals surface area (Å²) in [7, 11) is 0. The van der Waals surface area contributed by atoms with E-state index in [1.165, 1.54) is 11.8 Å². The quantitative estimate of drug-likeness (QED) is 0.371. The van der Waals surface area contributed by atoms with Crippen LogP contribution in [0.2, 0.25) is 10.0 Å². The number of thioether (sulfide) groups is 1. The third-order valence-corrected chi connectivity index (χ3v) is 6.91. The largest absolute Gasteiger partial charge is 0.350 e. The molecule has 0 spiro atoms. The van der Waals surface area contributed by atoms with Crippen molar-refractivity contribution in [2.45, 2.75) is 58.0 Å². The van der Waals surface area contributed by atoms with Gasteiger partial charge in [-0.15, -0.1) is 11.8 Å². The van der Waals surface area contributed by atoms with Gasteiger partial charge in [0, 0.05) is 37.9 Å². The first-order valence-corrected chi connectivity index (χ1v) is 13.1. The van der Waals surface area contributed by atoms with Gasteiger partial charge in [0.05, 0.1) is 5.75 Å². The maximum absolute atomic E-state index is 13.3. The van der Waals surface area contributed by atoms with E-state index in [0.717, 1.165) is 10.0 Å². The van der Waals surface area contributed by atoms with Gasteiger partial charge in [0.2, 0.25) is 11.8 Å². The molecule has 2 aromatic carbocycles. The highest BCUT2D eigenvalue weighted by atomic mass is 79.9. The number of nitrogens with zero attached hydrogens (tertiary/aromatic N) is 1. The van der Waals surface area contributed by atoms with E-state index >= 15 is 0 Å². The lowest BCUT2D eigenvalue weighted by Crippen LogP contribution is -2.53. The first-order valence-electron chi connectivity index (χ1n) is 10.4. The summed E-state index contributed by atoms with van der Waals surface area (Å²) in [5.41, 5.74) is 1.37. The van der Waals surface area contributed by atoms with E-state index in [4.69, 9.17) is 23.2 Å². The highest BCUT2D eigenvalue weighted by Gasteiger charge is 2.31. The van der Waals surface area contributed by atoms with Crippen molar-refractivity contribution in [2.75, 3.05) is 5.75 Å². The molecule has 1 atom stereocenters. The van der Waals surface area contributed by atoms with Crippen LogP contribution in [0.1, 0.15) is 45.2 Å². The van der Waals surface area contributed by atoms with E-state index in [0.29, 0.717) is 27.8 Å². The molecule has 32 heavy (non-hydrogen) atoms. The van der Waals surface area contributed by atoms with Gasteiger partial charge in [0.25, 0.3) is 0 Å². The van der Waals surface area contributed by atoms with E-state index < -0.39 is 11.6 Å². The van der Waals surface area contributed by atoms with Gasteiger partial charge in [0.1, 0.15) is 6.04 Å². The van der Waals surface area contributed by atoms with Crippen LogP contribution in [0.5, 0.6) is 0 Å². The number of hydrogen-bond donors (Lipinski definition) is 1. The molecule has 2 aromatic rings. The van der Waals surface area contributed by atoms with E-state index in [9.17, 15) is 9.59 Å². The fourth-order valence-corrected chi connectivity index (χ4v) is 4.80. The molecule has 0 saturated heterocycles. The Kier molecular flexibility index (Phi) is 10.4. The van der Waals surface area contributed by atoms with Crippen LogP contribution in [0.25, 0.3) is 0 Å². The molecule has 0 aliphatic carbocycles. The van der Waals surface area contributed by atoms with Crippen LogP contribution in [-0.2, 0) is 21.9 Å². The van der Waals surface area contributed by atoms with Crippen LogP contribution >= 0.6 is 50.9 Å². The molecule has 2 amide bonds. The summed E-state index contributed by atoms with van der Waals surface area (Å²) in [4.78, 5) is 28.0. The fraction of sp³-hybridized carbons (Fsp3) is 0.417. The number of halogens is 3. The molecule has 0 bridgehead atoms. The van der Waals surface area contributed by atoms with Crippen molar-refractivity contribution in [2.24, 2.45) is 0 Å². The van der Waals surface area contributed by atoms with Crippen molar-refractivity contribution >= 4 is 62.7 Å². The number of amides is 2. The van der Waals surface area contributed by atoms with Crippen LogP contribution < -0.4 is 5.32 Å². The minimum absolute atomic E-state index is 0.126. The van der Waals surface area contributed by atoms with Gasteiger partial charge in [-0.3, -0.25) is 9.59 Å². The molecule has 0 heterocycles. The van der Waals surface area contributed by atoms with E-state index in [2.05, 4.69) is 21.2 Å².